The van der Waals surface area contributed by atoms with Crippen molar-refractivity contribution < 1.29 is 28.7 Å². The average molecular weight is 450 g/mol. The minimum atomic E-state index is -0.642. The maximum atomic E-state index is 13.6. The fourth-order valence-corrected chi connectivity index (χ4v) is 6.00. The second-order valence-electron chi connectivity index (χ2n) is 10.4. The Morgan fingerprint density at radius 2 is 1.82 bits per heavy atom. The fraction of sp³-hybridized carbons (Fsp3) is 0.462. The Balaban J connectivity index is 1.67. The first kappa shape index (κ1) is 21.8. The molecule has 0 spiro atoms. The van der Waals surface area contributed by atoms with Crippen molar-refractivity contribution in [3.8, 4) is 0 Å². The zero-order valence-corrected chi connectivity index (χ0v) is 19.2. The van der Waals surface area contributed by atoms with E-state index >= 15 is 0 Å². The number of hydrogen-bond donors (Lipinski definition) is 1. The van der Waals surface area contributed by atoms with Crippen LogP contribution in [0.5, 0.6) is 0 Å². The number of hydrogen-bond acceptors (Lipinski definition) is 6. The van der Waals surface area contributed by atoms with Crippen molar-refractivity contribution in [2.75, 3.05) is 0 Å². The maximum Gasteiger partial charge on any atom is 0.234 e. The number of ketones is 2. The minimum absolute atomic E-state index is 0.174. The van der Waals surface area contributed by atoms with Crippen LogP contribution in [0.25, 0.3) is 0 Å². The number of rotatable bonds is 2. The van der Waals surface area contributed by atoms with Crippen molar-refractivity contribution in [3.63, 3.8) is 0 Å². The van der Waals surface area contributed by atoms with Crippen LogP contribution in [0.4, 0.5) is 0 Å². The number of imide groups is 1. The molecule has 0 radical (unpaired) electrons. The van der Waals surface area contributed by atoms with E-state index in [0.29, 0.717) is 34.7 Å². The van der Waals surface area contributed by atoms with Crippen LogP contribution < -0.4 is 0 Å². The van der Waals surface area contributed by atoms with Crippen LogP contribution in [-0.2, 0) is 25.8 Å². The van der Waals surface area contributed by atoms with Crippen LogP contribution in [0, 0.1) is 17.8 Å². The number of fused-ring (bicyclic) bond motifs is 3. The first-order valence-corrected chi connectivity index (χ1v) is 11.3. The number of Topliss-reactive ketones (excluding diaryl/α,β-unsaturated/α-hetero) is 1. The first-order chi connectivity index (χ1) is 15.5. The zero-order chi connectivity index (χ0) is 23.8. The van der Waals surface area contributed by atoms with Crippen LogP contribution >= 0.6 is 0 Å². The minimum Gasteiger partial charge on any atom is -0.463 e. The highest BCUT2D eigenvalue weighted by Gasteiger charge is 2.58. The number of carbonyl (C=O) groups excluding carboxylic acids is 4. The van der Waals surface area contributed by atoms with Crippen LogP contribution in [0.1, 0.15) is 58.0 Å². The summed E-state index contributed by atoms with van der Waals surface area (Å²) in [6.45, 7) is 6.86. The summed E-state index contributed by atoms with van der Waals surface area (Å²) in [7, 11) is 0. The molecule has 1 fully saturated rings. The molecule has 2 amide bonds. The van der Waals surface area contributed by atoms with Gasteiger partial charge in [-0.25, -0.2) is 0 Å². The third kappa shape index (κ3) is 3.05. The van der Waals surface area contributed by atoms with Gasteiger partial charge in [0.2, 0.25) is 11.8 Å². The summed E-state index contributed by atoms with van der Waals surface area (Å²) >= 11 is 0. The summed E-state index contributed by atoms with van der Waals surface area (Å²) in [5.41, 5.74) is 1.37. The van der Waals surface area contributed by atoms with Gasteiger partial charge in [0.1, 0.15) is 18.1 Å². The summed E-state index contributed by atoms with van der Waals surface area (Å²) in [5.74, 6) is -2.04. The van der Waals surface area contributed by atoms with Gasteiger partial charge >= 0.3 is 0 Å². The van der Waals surface area contributed by atoms with Gasteiger partial charge in [-0.3, -0.25) is 24.1 Å². The third-order valence-corrected chi connectivity index (χ3v) is 7.36. The Labute approximate surface area is 191 Å². The van der Waals surface area contributed by atoms with Crippen molar-refractivity contribution in [3.05, 3.63) is 58.1 Å². The van der Waals surface area contributed by atoms with E-state index in [1.54, 1.807) is 19.1 Å². The Hall–Kier alpha value is -3.06. The lowest BCUT2D eigenvalue weighted by Crippen LogP contribution is -2.46. The van der Waals surface area contributed by atoms with Crippen molar-refractivity contribution >= 4 is 23.4 Å². The number of aliphatic hydroxyl groups excluding tert-OH is 1. The van der Waals surface area contributed by atoms with Gasteiger partial charge in [-0.1, -0.05) is 11.6 Å². The Morgan fingerprint density at radius 1 is 1.09 bits per heavy atom. The second kappa shape index (κ2) is 7.22. The SMILES string of the molecule is CC1=CC(=O)C2=C(CC3C(=CCC4C(=O)N(C(C)(C)C)C(=O)C43)C2c2ccc(CO)o2)C1=O. The summed E-state index contributed by atoms with van der Waals surface area (Å²) in [6.07, 6.45) is 3.97. The number of aliphatic hydroxyl groups is 1. The quantitative estimate of drug-likeness (QED) is 0.423. The smallest absolute Gasteiger partial charge is 0.234 e. The van der Waals surface area contributed by atoms with Gasteiger partial charge in [-0.15, -0.1) is 0 Å². The lowest BCUT2D eigenvalue weighted by Gasteiger charge is -2.41. The van der Waals surface area contributed by atoms with E-state index < -0.39 is 23.3 Å². The summed E-state index contributed by atoms with van der Waals surface area (Å²) < 4.78 is 5.84. The van der Waals surface area contributed by atoms with Crippen molar-refractivity contribution in [2.24, 2.45) is 17.8 Å². The number of carbonyl (C=O) groups is 4. The Kier molecular flexibility index (Phi) is 4.76. The van der Waals surface area contributed by atoms with Crippen LogP contribution in [0.2, 0.25) is 0 Å². The molecular formula is C26H27NO6. The molecule has 5 rings (SSSR count). The molecule has 172 valence electrons. The van der Waals surface area contributed by atoms with Crippen molar-refractivity contribution in [1.29, 1.82) is 0 Å². The van der Waals surface area contributed by atoms with E-state index in [4.69, 9.17) is 4.42 Å². The number of furan rings is 1. The summed E-state index contributed by atoms with van der Waals surface area (Å²) in [6, 6.07) is 3.36. The molecular weight excluding hydrogens is 422 g/mol. The molecule has 1 N–H and O–H groups in total. The molecule has 4 aliphatic rings. The molecule has 7 heteroatoms. The van der Waals surface area contributed by atoms with Gasteiger partial charge in [-0.2, -0.15) is 0 Å². The van der Waals surface area contributed by atoms with Crippen LogP contribution in [0.15, 0.2) is 51.0 Å². The van der Waals surface area contributed by atoms with E-state index in [0.717, 1.165) is 5.57 Å². The van der Waals surface area contributed by atoms with Crippen LogP contribution in [0.3, 0.4) is 0 Å². The largest absolute Gasteiger partial charge is 0.463 e. The molecule has 0 aromatic carbocycles. The van der Waals surface area contributed by atoms with Gasteiger partial charge < -0.3 is 9.52 Å². The third-order valence-electron chi connectivity index (χ3n) is 7.36. The van der Waals surface area contributed by atoms with Gasteiger partial charge in [0.15, 0.2) is 11.6 Å². The molecule has 1 saturated heterocycles. The number of nitrogens with zero attached hydrogens (tertiary/aromatic N) is 1. The Morgan fingerprint density at radius 3 is 2.45 bits per heavy atom. The predicted octanol–water partition coefficient (Wildman–Crippen LogP) is 3.00. The Bertz CT molecular complexity index is 1200. The molecule has 4 atom stereocenters. The average Bonchev–Trinajstić information content (AvgIpc) is 3.32. The monoisotopic (exact) mass is 449 g/mol. The highest BCUT2D eigenvalue weighted by Crippen LogP contribution is 2.55. The van der Waals surface area contributed by atoms with Crippen molar-refractivity contribution in [1.82, 2.24) is 4.90 Å². The van der Waals surface area contributed by atoms with Crippen LogP contribution in [-0.4, -0.2) is 38.9 Å². The molecule has 0 bridgehead atoms. The van der Waals surface area contributed by atoms with Gasteiger partial charge in [0.25, 0.3) is 0 Å². The highest BCUT2D eigenvalue weighted by molar-refractivity contribution is 6.23. The van der Waals surface area contributed by atoms with Gasteiger partial charge in [0.05, 0.1) is 17.8 Å². The molecule has 3 aliphatic carbocycles. The lowest BCUT2D eigenvalue weighted by molar-refractivity contribution is -0.145. The molecule has 1 aromatic rings. The summed E-state index contributed by atoms with van der Waals surface area (Å²) in [4.78, 5) is 54.4. The lowest BCUT2D eigenvalue weighted by atomic mass is 9.60. The van der Waals surface area contributed by atoms with Gasteiger partial charge in [-0.05, 0) is 64.7 Å². The van der Waals surface area contributed by atoms with E-state index in [-0.39, 0.29) is 42.3 Å². The van der Waals surface area contributed by atoms with E-state index in [2.05, 4.69) is 0 Å². The highest BCUT2D eigenvalue weighted by atomic mass is 16.4. The molecule has 2 heterocycles. The molecule has 33 heavy (non-hydrogen) atoms. The topological polar surface area (TPSA) is 105 Å². The predicted molar refractivity (Wildman–Crippen MR) is 118 cm³/mol. The first-order valence-electron chi connectivity index (χ1n) is 11.3. The molecule has 4 unspecified atom stereocenters. The number of amides is 2. The number of likely N-dealkylation sites (tertiary alicyclic amines) is 1. The standard InChI is InChI=1S/C26H27NO6/c1-12-9-18(29)21-17(23(12)30)10-16-14(22(21)19-8-5-13(11-28)33-19)6-7-15-20(16)25(32)27(24(15)31)26(2,3)4/h5-6,8-9,15-16,20,22,28H,7,10-11H2,1-4H3. The van der Waals surface area contributed by atoms with Crippen molar-refractivity contribution in [2.45, 2.75) is 58.6 Å². The van der Waals surface area contributed by atoms with E-state index in [1.165, 1.54) is 11.0 Å². The maximum absolute atomic E-state index is 13.6. The van der Waals surface area contributed by atoms with Gasteiger partial charge in [0, 0.05) is 22.3 Å². The fourth-order valence-electron chi connectivity index (χ4n) is 6.00. The molecule has 1 aliphatic heterocycles. The molecule has 7 nitrogen and oxygen atoms in total. The van der Waals surface area contributed by atoms with E-state index in [1.807, 2.05) is 26.8 Å². The zero-order valence-electron chi connectivity index (χ0n) is 19.2. The molecule has 0 saturated carbocycles. The second-order valence-corrected chi connectivity index (χ2v) is 10.4. The number of allylic oxidation sites excluding steroid dienone is 6. The van der Waals surface area contributed by atoms with E-state index in [9.17, 15) is 24.3 Å². The molecule has 1 aromatic heterocycles. The summed E-state index contributed by atoms with van der Waals surface area (Å²) in [5, 5.41) is 9.50. The normalized spacial score (nSPS) is 29.7.